The summed E-state index contributed by atoms with van der Waals surface area (Å²) < 4.78 is 7.57. The topological polar surface area (TPSA) is 106 Å². The SMILES string of the molecule is CCCCNc1nc(N)nc2cnn(Cc3cc(CN4CCNCC4)ccc3OC)c12. The van der Waals surface area contributed by atoms with Crippen molar-refractivity contribution in [3.63, 3.8) is 0 Å². The predicted molar refractivity (Wildman–Crippen MR) is 123 cm³/mol. The fourth-order valence-electron chi connectivity index (χ4n) is 3.99. The third kappa shape index (κ3) is 5.05. The molecule has 0 radical (unpaired) electrons. The lowest BCUT2D eigenvalue weighted by Crippen LogP contribution is -2.42. The number of piperazine rings is 1. The van der Waals surface area contributed by atoms with Crippen molar-refractivity contribution < 1.29 is 4.74 Å². The van der Waals surface area contributed by atoms with Gasteiger partial charge in [0, 0.05) is 44.8 Å². The molecule has 166 valence electrons. The van der Waals surface area contributed by atoms with E-state index in [2.05, 4.69) is 49.7 Å². The molecular weight excluding hydrogens is 392 g/mol. The van der Waals surface area contributed by atoms with Crippen molar-refractivity contribution >= 4 is 22.8 Å². The Morgan fingerprint density at radius 3 is 2.81 bits per heavy atom. The number of anilines is 2. The van der Waals surface area contributed by atoms with Crippen LogP contribution in [0.25, 0.3) is 11.0 Å². The number of benzene rings is 1. The molecule has 3 aromatic rings. The Morgan fingerprint density at radius 1 is 1.19 bits per heavy atom. The van der Waals surface area contributed by atoms with E-state index in [1.165, 1.54) is 5.56 Å². The summed E-state index contributed by atoms with van der Waals surface area (Å²) in [6, 6.07) is 6.41. The van der Waals surface area contributed by atoms with E-state index in [-0.39, 0.29) is 5.95 Å². The number of nitrogens with one attached hydrogen (secondary N) is 2. The van der Waals surface area contributed by atoms with Crippen molar-refractivity contribution in [1.82, 2.24) is 30.0 Å². The van der Waals surface area contributed by atoms with Crippen LogP contribution in [-0.2, 0) is 13.1 Å². The van der Waals surface area contributed by atoms with Gasteiger partial charge < -0.3 is 21.1 Å². The Labute approximate surface area is 183 Å². The minimum Gasteiger partial charge on any atom is -0.496 e. The molecule has 9 heteroatoms. The molecule has 3 heterocycles. The monoisotopic (exact) mass is 424 g/mol. The van der Waals surface area contributed by atoms with E-state index in [1.54, 1.807) is 13.3 Å². The average molecular weight is 425 g/mol. The highest BCUT2D eigenvalue weighted by atomic mass is 16.5. The molecule has 0 spiro atoms. The van der Waals surface area contributed by atoms with E-state index in [4.69, 9.17) is 10.5 Å². The zero-order chi connectivity index (χ0) is 21.6. The number of hydrogen-bond acceptors (Lipinski definition) is 8. The summed E-state index contributed by atoms with van der Waals surface area (Å²) in [4.78, 5) is 11.3. The third-order valence-corrected chi connectivity index (χ3v) is 5.61. The molecule has 1 saturated heterocycles. The molecule has 31 heavy (non-hydrogen) atoms. The number of rotatable bonds is 9. The maximum atomic E-state index is 5.92. The molecule has 1 aromatic carbocycles. The lowest BCUT2D eigenvalue weighted by Gasteiger charge is -2.27. The molecule has 1 fully saturated rings. The fraction of sp³-hybridized carbons (Fsp3) is 0.500. The number of ether oxygens (including phenoxy) is 1. The van der Waals surface area contributed by atoms with Crippen molar-refractivity contribution in [1.29, 1.82) is 0 Å². The molecule has 0 bridgehead atoms. The first-order valence-corrected chi connectivity index (χ1v) is 11.0. The van der Waals surface area contributed by atoms with Gasteiger partial charge in [-0.05, 0) is 24.1 Å². The number of nitrogens with zero attached hydrogens (tertiary/aromatic N) is 5. The number of hydrogen-bond donors (Lipinski definition) is 3. The highest BCUT2D eigenvalue weighted by Gasteiger charge is 2.16. The Balaban J connectivity index is 1.62. The molecule has 0 unspecified atom stereocenters. The Kier molecular flexibility index (Phi) is 6.83. The Morgan fingerprint density at radius 2 is 2.03 bits per heavy atom. The van der Waals surface area contributed by atoms with Gasteiger partial charge >= 0.3 is 0 Å². The molecule has 4 N–H and O–H groups in total. The van der Waals surface area contributed by atoms with Crippen LogP contribution < -0.4 is 21.1 Å². The summed E-state index contributed by atoms with van der Waals surface area (Å²) >= 11 is 0. The highest BCUT2D eigenvalue weighted by molar-refractivity contribution is 5.86. The summed E-state index contributed by atoms with van der Waals surface area (Å²) in [7, 11) is 1.71. The maximum absolute atomic E-state index is 5.92. The third-order valence-electron chi connectivity index (χ3n) is 5.61. The standard InChI is InChI=1S/C22H32N8O/c1-3-4-7-25-21-20-18(27-22(23)28-21)13-26-30(20)15-17-12-16(5-6-19(17)31-2)14-29-10-8-24-9-11-29/h5-6,12-13,24H,3-4,7-11,14-15H2,1-2H3,(H3,23,25,27,28). The molecule has 1 aliphatic rings. The van der Waals surface area contributed by atoms with Gasteiger partial charge in [0.2, 0.25) is 5.95 Å². The van der Waals surface area contributed by atoms with Gasteiger partial charge in [-0.15, -0.1) is 0 Å². The van der Waals surface area contributed by atoms with Crippen molar-refractivity contribution in [3.8, 4) is 5.75 Å². The van der Waals surface area contributed by atoms with E-state index in [0.29, 0.717) is 6.54 Å². The van der Waals surface area contributed by atoms with E-state index < -0.39 is 0 Å². The molecule has 4 rings (SSSR count). The predicted octanol–water partition coefficient (Wildman–Crippen LogP) is 2.08. The number of methoxy groups -OCH3 is 1. The summed E-state index contributed by atoms with van der Waals surface area (Å²) in [6.07, 6.45) is 3.91. The number of nitrogen functional groups attached to an aromatic ring is 1. The van der Waals surface area contributed by atoms with Gasteiger partial charge in [0.15, 0.2) is 5.82 Å². The zero-order valence-electron chi connectivity index (χ0n) is 18.4. The van der Waals surface area contributed by atoms with Crippen molar-refractivity contribution in [2.75, 3.05) is 50.9 Å². The minimum absolute atomic E-state index is 0.252. The van der Waals surface area contributed by atoms with Gasteiger partial charge in [-0.3, -0.25) is 9.58 Å². The summed E-state index contributed by atoms with van der Waals surface area (Å²) in [5, 5.41) is 11.4. The Bertz CT molecular complexity index is 1010. The second kappa shape index (κ2) is 9.93. The van der Waals surface area contributed by atoms with Gasteiger partial charge in [-0.2, -0.15) is 10.1 Å². The van der Waals surface area contributed by atoms with E-state index in [1.807, 2.05) is 10.7 Å². The number of aromatic nitrogens is 4. The molecule has 0 saturated carbocycles. The van der Waals surface area contributed by atoms with Crippen molar-refractivity contribution in [2.24, 2.45) is 0 Å². The highest BCUT2D eigenvalue weighted by Crippen LogP contribution is 2.26. The van der Waals surface area contributed by atoms with E-state index in [0.717, 1.165) is 80.3 Å². The largest absolute Gasteiger partial charge is 0.496 e. The first kappa shape index (κ1) is 21.3. The van der Waals surface area contributed by atoms with Crippen LogP contribution in [0.4, 0.5) is 11.8 Å². The zero-order valence-corrected chi connectivity index (χ0v) is 18.4. The van der Waals surface area contributed by atoms with Crippen LogP contribution in [0.5, 0.6) is 5.75 Å². The first-order valence-electron chi connectivity index (χ1n) is 11.0. The minimum atomic E-state index is 0.252. The fourth-order valence-corrected chi connectivity index (χ4v) is 3.99. The quantitative estimate of drug-likeness (QED) is 0.448. The molecule has 0 amide bonds. The summed E-state index contributed by atoms with van der Waals surface area (Å²) in [6.45, 7) is 8.71. The van der Waals surface area contributed by atoms with Crippen LogP contribution in [0.3, 0.4) is 0 Å². The van der Waals surface area contributed by atoms with Crippen LogP contribution in [0.15, 0.2) is 24.4 Å². The van der Waals surface area contributed by atoms with Crippen molar-refractivity contribution in [2.45, 2.75) is 32.9 Å². The van der Waals surface area contributed by atoms with Crippen LogP contribution in [-0.4, -0.2) is 64.5 Å². The van der Waals surface area contributed by atoms with Crippen LogP contribution in [0.2, 0.25) is 0 Å². The smallest absolute Gasteiger partial charge is 0.222 e. The lowest BCUT2D eigenvalue weighted by atomic mass is 10.1. The maximum Gasteiger partial charge on any atom is 0.222 e. The van der Waals surface area contributed by atoms with Gasteiger partial charge in [0.05, 0.1) is 19.9 Å². The number of fused-ring (bicyclic) bond motifs is 1. The molecule has 0 atom stereocenters. The summed E-state index contributed by atoms with van der Waals surface area (Å²) in [5.74, 6) is 1.83. The van der Waals surface area contributed by atoms with Crippen molar-refractivity contribution in [3.05, 3.63) is 35.5 Å². The van der Waals surface area contributed by atoms with Crippen LogP contribution >= 0.6 is 0 Å². The molecule has 2 aromatic heterocycles. The lowest BCUT2D eigenvalue weighted by molar-refractivity contribution is 0.233. The number of nitrogens with two attached hydrogens (primary N) is 1. The first-order chi connectivity index (χ1) is 15.2. The average Bonchev–Trinajstić information content (AvgIpc) is 3.17. The number of unbranched alkanes of at least 4 members (excludes halogenated alkanes) is 1. The van der Waals surface area contributed by atoms with Crippen LogP contribution in [0.1, 0.15) is 30.9 Å². The van der Waals surface area contributed by atoms with Gasteiger partial charge in [-0.1, -0.05) is 19.4 Å². The second-order valence-corrected chi connectivity index (χ2v) is 7.92. The molecular formula is C22H32N8O. The van der Waals surface area contributed by atoms with Gasteiger partial charge in [0.1, 0.15) is 16.8 Å². The van der Waals surface area contributed by atoms with Crippen LogP contribution in [0, 0.1) is 0 Å². The summed E-state index contributed by atoms with van der Waals surface area (Å²) in [5.41, 5.74) is 9.87. The Hall–Kier alpha value is -2.91. The van der Waals surface area contributed by atoms with Gasteiger partial charge in [0.25, 0.3) is 0 Å². The molecule has 1 aliphatic heterocycles. The second-order valence-electron chi connectivity index (χ2n) is 7.92. The van der Waals surface area contributed by atoms with E-state index in [9.17, 15) is 0 Å². The molecule has 0 aliphatic carbocycles. The van der Waals surface area contributed by atoms with Gasteiger partial charge in [-0.25, -0.2) is 4.98 Å². The molecule has 9 nitrogen and oxygen atoms in total. The van der Waals surface area contributed by atoms with E-state index >= 15 is 0 Å². The normalized spacial score (nSPS) is 14.8.